The number of hydrogen-bond donors (Lipinski definition) is 2. The second-order valence-electron chi connectivity index (χ2n) is 3.97. The van der Waals surface area contributed by atoms with Crippen molar-refractivity contribution in [3.05, 3.63) is 0 Å². The van der Waals surface area contributed by atoms with E-state index in [2.05, 4.69) is 17.5 Å². The quantitative estimate of drug-likeness (QED) is 0.501. The molecule has 1 fully saturated rings. The zero-order valence-corrected chi connectivity index (χ0v) is 10.6. The van der Waals surface area contributed by atoms with Crippen LogP contribution in [0.2, 0.25) is 0 Å². The van der Waals surface area contributed by atoms with Crippen molar-refractivity contribution in [3.63, 3.8) is 0 Å². The standard InChI is InChI=1S/C10H17N3O3S/c1-13(6-7-3-2-4-16-7)10(15)9(14)12-5-8(11)17/h7H,2-6H2,1H3,(H2,11,17)(H,12,14). The molecular formula is C10H17N3O3S. The number of amides is 2. The zero-order valence-electron chi connectivity index (χ0n) is 9.77. The summed E-state index contributed by atoms with van der Waals surface area (Å²) in [5, 5.41) is 2.35. The molecule has 0 spiro atoms. The second kappa shape index (κ2) is 6.51. The summed E-state index contributed by atoms with van der Waals surface area (Å²) in [6, 6.07) is 0. The Morgan fingerprint density at radius 1 is 1.59 bits per heavy atom. The highest BCUT2D eigenvalue weighted by atomic mass is 32.1. The van der Waals surface area contributed by atoms with Crippen molar-refractivity contribution in [2.75, 3.05) is 26.7 Å². The number of rotatable bonds is 4. The Morgan fingerprint density at radius 3 is 2.82 bits per heavy atom. The molecule has 1 unspecified atom stereocenters. The van der Waals surface area contributed by atoms with Crippen molar-refractivity contribution in [2.24, 2.45) is 5.73 Å². The summed E-state index contributed by atoms with van der Waals surface area (Å²) in [5.74, 6) is -1.30. The monoisotopic (exact) mass is 259 g/mol. The van der Waals surface area contributed by atoms with Crippen LogP contribution >= 0.6 is 12.2 Å². The summed E-state index contributed by atoms with van der Waals surface area (Å²) in [4.78, 5) is 24.5. The number of nitrogens with two attached hydrogens (primary N) is 1. The van der Waals surface area contributed by atoms with E-state index in [4.69, 9.17) is 10.5 Å². The average Bonchev–Trinajstić information content (AvgIpc) is 2.77. The SMILES string of the molecule is CN(CC1CCCO1)C(=O)C(=O)NCC(N)=S. The van der Waals surface area contributed by atoms with Crippen molar-refractivity contribution >= 4 is 29.0 Å². The molecule has 96 valence electrons. The highest BCUT2D eigenvalue weighted by Gasteiger charge is 2.23. The van der Waals surface area contributed by atoms with Crippen LogP contribution in [0, 0.1) is 0 Å². The lowest BCUT2D eigenvalue weighted by atomic mass is 10.2. The van der Waals surface area contributed by atoms with E-state index in [0.29, 0.717) is 6.54 Å². The number of carbonyl (C=O) groups is 2. The molecular weight excluding hydrogens is 242 g/mol. The molecule has 1 aliphatic heterocycles. The largest absolute Gasteiger partial charge is 0.392 e. The van der Waals surface area contributed by atoms with Crippen molar-refractivity contribution in [2.45, 2.75) is 18.9 Å². The van der Waals surface area contributed by atoms with Gasteiger partial charge in [-0.25, -0.2) is 0 Å². The molecule has 17 heavy (non-hydrogen) atoms. The third-order valence-electron chi connectivity index (χ3n) is 2.47. The van der Waals surface area contributed by atoms with Gasteiger partial charge in [0, 0.05) is 20.2 Å². The first-order valence-electron chi connectivity index (χ1n) is 5.44. The Labute approximate surface area is 105 Å². The lowest BCUT2D eigenvalue weighted by Crippen LogP contribution is -2.45. The van der Waals surface area contributed by atoms with Crippen LogP contribution < -0.4 is 11.1 Å². The highest BCUT2D eigenvalue weighted by Crippen LogP contribution is 2.12. The fourth-order valence-corrected chi connectivity index (χ4v) is 1.67. The van der Waals surface area contributed by atoms with Crippen molar-refractivity contribution in [1.82, 2.24) is 10.2 Å². The first-order valence-corrected chi connectivity index (χ1v) is 5.84. The van der Waals surface area contributed by atoms with Gasteiger partial charge >= 0.3 is 11.8 Å². The third-order valence-corrected chi connectivity index (χ3v) is 2.61. The van der Waals surface area contributed by atoms with Crippen molar-refractivity contribution in [1.29, 1.82) is 0 Å². The van der Waals surface area contributed by atoms with Crippen LogP contribution in [-0.2, 0) is 14.3 Å². The molecule has 1 heterocycles. The highest BCUT2D eigenvalue weighted by molar-refractivity contribution is 7.80. The molecule has 0 aromatic carbocycles. The molecule has 1 aliphatic rings. The molecule has 7 heteroatoms. The van der Waals surface area contributed by atoms with Crippen LogP contribution in [0.5, 0.6) is 0 Å². The Kier molecular flexibility index (Phi) is 5.30. The summed E-state index contributed by atoms with van der Waals surface area (Å²) in [6.45, 7) is 1.19. The number of ether oxygens (including phenoxy) is 1. The molecule has 3 N–H and O–H groups in total. The smallest absolute Gasteiger partial charge is 0.311 e. The number of likely N-dealkylation sites (N-methyl/N-ethyl adjacent to an activating group) is 1. The van der Waals surface area contributed by atoms with E-state index in [-0.39, 0.29) is 17.6 Å². The van der Waals surface area contributed by atoms with E-state index >= 15 is 0 Å². The van der Waals surface area contributed by atoms with Crippen LogP contribution in [0.15, 0.2) is 0 Å². The maximum Gasteiger partial charge on any atom is 0.311 e. The fourth-order valence-electron chi connectivity index (χ4n) is 1.59. The van der Waals surface area contributed by atoms with Gasteiger partial charge < -0.3 is 20.7 Å². The van der Waals surface area contributed by atoms with Gasteiger partial charge in [-0.1, -0.05) is 12.2 Å². The first kappa shape index (κ1) is 13.9. The third kappa shape index (κ3) is 4.66. The molecule has 0 radical (unpaired) electrons. The average molecular weight is 259 g/mol. The molecule has 6 nitrogen and oxygen atoms in total. The summed E-state index contributed by atoms with van der Waals surface area (Å²) in [5.41, 5.74) is 5.22. The molecule has 0 bridgehead atoms. The maximum atomic E-state index is 11.6. The van der Waals surface area contributed by atoms with Crippen molar-refractivity contribution < 1.29 is 14.3 Å². The van der Waals surface area contributed by atoms with Crippen LogP contribution in [-0.4, -0.2) is 54.6 Å². The number of nitrogens with zero attached hydrogens (tertiary/aromatic N) is 1. The second-order valence-corrected chi connectivity index (χ2v) is 4.49. The predicted molar refractivity (Wildman–Crippen MR) is 66.4 cm³/mol. The first-order chi connectivity index (χ1) is 8.00. The van der Waals surface area contributed by atoms with Crippen LogP contribution in [0.1, 0.15) is 12.8 Å². The van der Waals surface area contributed by atoms with Gasteiger partial charge in [0.25, 0.3) is 0 Å². The zero-order chi connectivity index (χ0) is 12.8. The van der Waals surface area contributed by atoms with E-state index in [1.807, 2.05) is 0 Å². The van der Waals surface area contributed by atoms with E-state index in [0.717, 1.165) is 19.4 Å². The minimum atomic E-state index is -0.696. The van der Waals surface area contributed by atoms with Crippen molar-refractivity contribution in [3.8, 4) is 0 Å². The Balaban J connectivity index is 2.34. The van der Waals surface area contributed by atoms with Crippen LogP contribution in [0.25, 0.3) is 0 Å². The predicted octanol–water partition coefficient (Wildman–Crippen LogP) is -0.974. The molecule has 1 saturated heterocycles. The fraction of sp³-hybridized carbons (Fsp3) is 0.700. The number of nitrogens with one attached hydrogen (secondary N) is 1. The van der Waals surface area contributed by atoms with Gasteiger partial charge in [0.05, 0.1) is 17.6 Å². The van der Waals surface area contributed by atoms with Crippen LogP contribution in [0.4, 0.5) is 0 Å². The van der Waals surface area contributed by atoms with Gasteiger partial charge in [-0.15, -0.1) is 0 Å². The molecule has 1 atom stereocenters. The Bertz CT molecular complexity index is 316. The van der Waals surface area contributed by atoms with Gasteiger partial charge in [-0.3, -0.25) is 9.59 Å². The van der Waals surface area contributed by atoms with Crippen LogP contribution in [0.3, 0.4) is 0 Å². The molecule has 0 aromatic heterocycles. The molecule has 0 aromatic rings. The van der Waals surface area contributed by atoms with E-state index in [1.54, 1.807) is 7.05 Å². The Hall–Kier alpha value is -1.21. The number of carbonyl (C=O) groups excluding carboxylic acids is 2. The lowest BCUT2D eigenvalue weighted by molar-refractivity contribution is -0.145. The molecule has 1 rings (SSSR count). The minimum absolute atomic E-state index is 0.0346. The van der Waals surface area contributed by atoms with Gasteiger partial charge in [0.15, 0.2) is 0 Å². The topological polar surface area (TPSA) is 84.7 Å². The number of thiocarbonyl (C=S) groups is 1. The minimum Gasteiger partial charge on any atom is -0.392 e. The normalized spacial score (nSPS) is 18.8. The Morgan fingerprint density at radius 2 is 2.29 bits per heavy atom. The van der Waals surface area contributed by atoms with E-state index in [1.165, 1.54) is 4.90 Å². The molecule has 0 aliphatic carbocycles. The van der Waals surface area contributed by atoms with E-state index < -0.39 is 11.8 Å². The summed E-state index contributed by atoms with van der Waals surface area (Å²) >= 11 is 4.60. The molecule has 0 saturated carbocycles. The van der Waals surface area contributed by atoms with Gasteiger partial charge in [0.1, 0.15) is 0 Å². The summed E-state index contributed by atoms with van der Waals surface area (Å²) in [6.07, 6.45) is 1.96. The maximum absolute atomic E-state index is 11.6. The van der Waals surface area contributed by atoms with Gasteiger partial charge in [-0.2, -0.15) is 0 Å². The van der Waals surface area contributed by atoms with Gasteiger partial charge in [-0.05, 0) is 12.8 Å². The summed E-state index contributed by atoms with van der Waals surface area (Å²) < 4.78 is 5.39. The van der Waals surface area contributed by atoms with Gasteiger partial charge in [0.2, 0.25) is 0 Å². The lowest BCUT2D eigenvalue weighted by Gasteiger charge is -2.20. The van der Waals surface area contributed by atoms with E-state index in [9.17, 15) is 9.59 Å². The number of hydrogen-bond acceptors (Lipinski definition) is 4. The summed E-state index contributed by atoms with van der Waals surface area (Å²) in [7, 11) is 1.57. The molecule has 2 amide bonds.